The molecule has 0 unspecified atom stereocenters. The second kappa shape index (κ2) is 4.98. The molecule has 5 rings (SSSR count). The highest BCUT2D eigenvalue weighted by molar-refractivity contribution is 5.91. The van der Waals surface area contributed by atoms with Gasteiger partial charge < -0.3 is 4.74 Å². The van der Waals surface area contributed by atoms with Crippen LogP contribution in [-0.4, -0.2) is 17.4 Å². The molecule has 25 heavy (non-hydrogen) atoms. The zero-order valence-electron chi connectivity index (χ0n) is 15.6. The zero-order chi connectivity index (χ0) is 17.4. The molecule has 4 aliphatic carbocycles. The van der Waals surface area contributed by atoms with E-state index in [4.69, 9.17) is 4.74 Å². The van der Waals surface area contributed by atoms with Crippen LogP contribution in [0.2, 0.25) is 0 Å². The summed E-state index contributed by atoms with van der Waals surface area (Å²) in [6.45, 7) is 4.86. The molecule has 0 radical (unpaired) electrons. The van der Waals surface area contributed by atoms with E-state index in [-0.39, 0.29) is 22.4 Å². The van der Waals surface area contributed by atoms with Crippen LogP contribution in [0, 0.1) is 28.6 Å². The molecule has 0 N–H and O–H groups in total. The molecule has 3 saturated carbocycles. The number of allylic oxidation sites excluding steroid dienone is 1. The lowest BCUT2D eigenvalue weighted by Gasteiger charge is -2.59. The van der Waals surface area contributed by atoms with E-state index in [9.17, 15) is 9.59 Å². The normalized spacial score (nSPS) is 51.6. The third-order valence-electron chi connectivity index (χ3n) is 9.29. The molecule has 0 bridgehead atoms. The number of fused-ring (bicyclic) bond motifs is 6. The molecule has 1 heterocycles. The van der Waals surface area contributed by atoms with E-state index in [2.05, 4.69) is 13.8 Å². The van der Waals surface area contributed by atoms with Crippen molar-refractivity contribution >= 4 is 11.8 Å². The van der Waals surface area contributed by atoms with Gasteiger partial charge in [0, 0.05) is 18.3 Å². The molecule has 3 heteroatoms. The van der Waals surface area contributed by atoms with Crippen LogP contribution in [0.3, 0.4) is 0 Å². The van der Waals surface area contributed by atoms with Gasteiger partial charge in [-0.3, -0.25) is 9.59 Å². The van der Waals surface area contributed by atoms with Crippen molar-refractivity contribution in [3.8, 4) is 0 Å². The van der Waals surface area contributed by atoms with Gasteiger partial charge in [0.15, 0.2) is 5.78 Å². The molecule has 3 nitrogen and oxygen atoms in total. The maximum atomic E-state index is 11.9. The zero-order valence-corrected chi connectivity index (χ0v) is 15.6. The van der Waals surface area contributed by atoms with Gasteiger partial charge in [0.25, 0.3) is 0 Å². The number of rotatable bonds is 0. The second-order valence-corrected chi connectivity index (χ2v) is 9.93. The molecule has 6 atom stereocenters. The number of esters is 1. The molecule has 5 aliphatic rings. The van der Waals surface area contributed by atoms with Gasteiger partial charge in [-0.05, 0) is 80.6 Å². The van der Waals surface area contributed by atoms with Crippen LogP contribution in [0.4, 0.5) is 0 Å². The SMILES string of the molecule is C[C@]12CCC(=O)C=C1CC[C@@H]1[C@H]2CC[C@@]2(C)[C@H]1CC[C@@]21CCC(=O)O1. The first kappa shape index (κ1) is 16.1. The number of hydrogen-bond donors (Lipinski definition) is 0. The van der Waals surface area contributed by atoms with Gasteiger partial charge in [0.2, 0.25) is 0 Å². The van der Waals surface area contributed by atoms with E-state index in [1.165, 1.54) is 31.3 Å². The third kappa shape index (κ3) is 1.93. The van der Waals surface area contributed by atoms with Gasteiger partial charge in [-0.15, -0.1) is 0 Å². The van der Waals surface area contributed by atoms with Crippen molar-refractivity contribution in [2.24, 2.45) is 28.6 Å². The predicted octanol–water partition coefficient (Wildman–Crippen LogP) is 4.59. The number of carbonyl (C=O) groups excluding carboxylic acids is 2. The summed E-state index contributed by atoms with van der Waals surface area (Å²) in [5.41, 5.74) is 1.68. The Hall–Kier alpha value is -1.12. The quantitative estimate of drug-likeness (QED) is 0.605. The lowest BCUT2D eigenvalue weighted by molar-refractivity contribution is -0.168. The number of carbonyl (C=O) groups is 2. The van der Waals surface area contributed by atoms with E-state index in [1.807, 2.05) is 6.08 Å². The van der Waals surface area contributed by atoms with Crippen LogP contribution in [0.1, 0.15) is 78.1 Å². The van der Waals surface area contributed by atoms with Gasteiger partial charge in [0.1, 0.15) is 5.60 Å². The van der Waals surface area contributed by atoms with E-state index in [0.29, 0.717) is 24.0 Å². The van der Waals surface area contributed by atoms with Crippen molar-refractivity contribution in [2.45, 2.75) is 83.7 Å². The predicted molar refractivity (Wildman–Crippen MR) is 94.8 cm³/mol. The maximum absolute atomic E-state index is 11.9. The van der Waals surface area contributed by atoms with Crippen LogP contribution >= 0.6 is 0 Å². The van der Waals surface area contributed by atoms with Gasteiger partial charge in [0.05, 0.1) is 0 Å². The van der Waals surface area contributed by atoms with E-state index >= 15 is 0 Å². The van der Waals surface area contributed by atoms with Crippen LogP contribution in [0.5, 0.6) is 0 Å². The standard InChI is InChI=1S/C22H30O3/c1-20-9-5-15(23)13-14(20)3-4-16-17(20)6-10-21(2)18(16)7-11-22(21)12-8-19(24)25-22/h13,16-18H,3-12H2,1-2H3/t16-,17-,18+,20+,21+,22-/m1/s1. The molecule has 4 fully saturated rings. The van der Waals surface area contributed by atoms with Crippen LogP contribution in [0.15, 0.2) is 11.6 Å². The molecule has 136 valence electrons. The molecular formula is C22H30O3. The Morgan fingerprint density at radius 2 is 1.72 bits per heavy atom. The Morgan fingerprint density at radius 3 is 2.48 bits per heavy atom. The Morgan fingerprint density at radius 1 is 0.920 bits per heavy atom. The summed E-state index contributed by atoms with van der Waals surface area (Å²) in [5, 5.41) is 0. The Balaban J connectivity index is 1.49. The minimum absolute atomic E-state index is 0.0237. The van der Waals surface area contributed by atoms with Gasteiger partial charge in [-0.25, -0.2) is 0 Å². The minimum atomic E-state index is -0.167. The fraction of sp³-hybridized carbons (Fsp3) is 0.818. The topological polar surface area (TPSA) is 43.4 Å². The van der Waals surface area contributed by atoms with Crippen molar-refractivity contribution in [1.82, 2.24) is 0 Å². The summed E-state index contributed by atoms with van der Waals surface area (Å²) in [6.07, 6.45) is 12.3. The van der Waals surface area contributed by atoms with Crippen molar-refractivity contribution in [3.63, 3.8) is 0 Å². The molecular weight excluding hydrogens is 312 g/mol. The summed E-state index contributed by atoms with van der Waals surface area (Å²) in [7, 11) is 0. The maximum Gasteiger partial charge on any atom is 0.306 e. The van der Waals surface area contributed by atoms with Gasteiger partial charge in [-0.2, -0.15) is 0 Å². The molecule has 1 aliphatic heterocycles. The number of hydrogen-bond acceptors (Lipinski definition) is 3. The molecule has 1 saturated heterocycles. The molecule has 1 spiro atoms. The van der Waals surface area contributed by atoms with Gasteiger partial charge in [-0.1, -0.05) is 19.4 Å². The van der Waals surface area contributed by atoms with Crippen molar-refractivity contribution in [1.29, 1.82) is 0 Å². The summed E-state index contributed by atoms with van der Waals surface area (Å²) in [6, 6.07) is 0. The van der Waals surface area contributed by atoms with E-state index in [1.54, 1.807) is 0 Å². The van der Waals surface area contributed by atoms with Gasteiger partial charge >= 0.3 is 5.97 Å². The van der Waals surface area contributed by atoms with Crippen molar-refractivity contribution in [3.05, 3.63) is 11.6 Å². The van der Waals surface area contributed by atoms with Crippen LogP contribution in [-0.2, 0) is 14.3 Å². The molecule has 0 aromatic heterocycles. The first-order valence-corrected chi connectivity index (χ1v) is 10.3. The first-order valence-electron chi connectivity index (χ1n) is 10.3. The summed E-state index contributed by atoms with van der Waals surface area (Å²) in [5.74, 6) is 2.51. The lowest BCUT2D eigenvalue weighted by Crippen LogP contribution is -2.54. The number of ketones is 1. The molecule has 0 aromatic rings. The molecule has 0 aromatic carbocycles. The molecule has 0 amide bonds. The lowest BCUT2D eigenvalue weighted by atomic mass is 9.46. The highest BCUT2D eigenvalue weighted by Gasteiger charge is 2.66. The smallest absolute Gasteiger partial charge is 0.306 e. The van der Waals surface area contributed by atoms with E-state index in [0.717, 1.165) is 38.0 Å². The third-order valence-corrected chi connectivity index (χ3v) is 9.29. The Bertz CT molecular complexity index is 679. The average molecular weight is 342 g/mol. The van der Waals surface area contributed by atoms with Crippen molar-refractivity contribution < 1.29 is 14.3 Å². The fourth-order valence-electron chi connectivity index (χ4n) is 7.85. The van der Waals surface area contributed by atoms with Crippen molar-refractivity contribution in [2.75, 3.05) is 0 Å². The summed E-state index contributed by atoms with van der Waals surface area (Å²) >= 11 is 0. The minimum Gasteiger partial charge on any atom is -0.458 e. The largest absolute Gasteiger partial charge is 0.458 e. The summed E-state index contributed by atoms with van der Waals surface area (Å²) < 4.78 is 6.01. The number of ether oxygens (including phenoxy) is 1. The second-order valence-electron chi connectivity index (χ2n) is 9.93. The fourth-order valence-corrected chi connectivity index (χ4v) is 7.85. The average Bonchev–Trinajstić information content (AvgIpc) is 3.10. The summed E-state index contributed by atoms with van der Waals surface area (Å²) in [4.78, 5) is 23.8. The highest BCUT2D eigenvalue weighted by atomic mass is 16.6. The Kier molecular flexibility index (Phi) is 3.21. The van der Waals surface area contributed by atoms with Crippen LogP contribution in [0.25, 0.3) is 0 Å². The van der Waals surface area contributed by atoms with Crippen LogP contribution < -0.4 is 0 Å². The first-order chi connectivity index (χ1) is 11.9. The monoisotopic (exact) mass is 342 g/mol. The van der Waals surface area contributed by atoms with E-state index < -0.39 is 0 Å². The highest BCUT2D eigenvalue weighted by Crippen LogP contribution is 2.69. The Labute approximate surface area is 150 Å².